The number of rotatable bonds is 11. The van der Waals surface area contributed by atoms with E-state index in [0.717, 1.165) is 22.9 Å². The van der Waals surface area contributed by atoms with Crippen molar-refractivity contribution in [3.63, 3.8) is 0 Å². The van der Waals surface area contributed by atoms with Crippen LogP contribution in [0.2, 0.25) is 0 Å². The van der Waals surface area contributed by atoms with Gasteiger partial charge in [0.1, 0.15) is 0 Å². The molecule has 12 nitrogen and oxygen atoms in total. The van der Waals surface area contributed by atoms with Gasteiger partial charge in [0.2, 0.25) is 10.0 Å². The normalized spacial score (nSPS) is 12.3. The highest BCUT2D eigenvalue weighted by atomic mass is 32.2. The quantitative estimate of drug-likeness (QED) is 0.216. The Bertz CT molecular complexity index is 1800. The molecule has 0 unspecified atom stereocenters. The minimum atomic E-state index is -3.63. The van der Waals surface area contributed by atoms with E-state index < -0.39 is 21.8 Å². The van der Waals surface area contributed by atoms with Gasteiger partial charge < -0.3 is 20.1 Å². The van der Waals surface area contributed by atoms with Gasteiger partial charge in [-0.25, -0.2) is 13.1 Å². The third-order valence-corrected chi connectivity index (χ3v) is 7.58. The van der Waals surface area contributed by atoms with Gasteiger partial charge in [-0.3, -0.25) is 14.3 Å². The zero-order valence-electron chi connectivity index (χ0n) is 26.3. The third-order valence-electron chi connectivity index (χ3n) is 6.99. The minimum absolute atomic E-state index is 0.0935. The van der Waals surface area contributed by atoms with E-state index in [1.165, 1.54) is 18.0 Å². The van der Waals surface area contributed by atoms with E-state index in [9.17, 15) is 18.0 Å². The molecule has 1 aromatic heterocycles. The lowest BCUT2D eigenvalue weighted by molar-refractivity contribution is 0.0891. The van der Waals surface area contributed by atoms with Crippen LogP contribution in [0.5, 0.6) is 5.75 Å². The molecule has 1 heterocycles. The van der Waals surface area contributed by atoms with Crippen LogP contribution in [0.4, 0.5) is 11.4 Å². The molecule has 0 aliphatic carbocycles. The lowest BCUT2D eigenvalue weighted by Gasteiger charge is -2.24. The molecule has 0 saturated carbocycles. The summed E-state index contributed by atoms with van der Waals surface area (Å²) in [5.41, 5.74) is 3.53. The number of anilines is 2. The van der Waals surface area contributed by atoms with Gasteiger partial charge in [0.05, 0.1) is 49.3 Å². The van der Waals surface area contributed by atoms with E-state index in [1.54, 1.807) is 37.4 Å². The van der Waals surface area contributed by atoms with Crippen LogP contribution in [0, 0.1) is 6.92 Å². The third kappa shape index (κ3) is 8.25. The number of hydrogen-bond donors (Lipinski definition) is 3. The van der Waals surface area contributed by atoms with Crippen molar-refractivity contribution in [2.24, 2.45) is 0 Å². The molecule has 2 amide bonds. The number of nitrogens with zero attached hydrogens (tertiary/aromatic N) is 3. The highest BCUT2D eigenvalue weighted by Crippen LogP contribution is 2.39. The van der Waals surface area contributed by atoms with Crippen LogP contribution in [0.15, 0.2) is 66.9 Å². The molecule has 0 aliphatic rings. The number of nitrogens with one attached hydrogen (secondary N) is 3. The fraction of sp³-hybridized carbons (Fsp3) is 0.312. The number of hydrogen-bond acceptors (Lipinski definition) is 8. The van der Waals surface area contributed by atoms with Crippen molar-refractivity contribution in [1.82, 2.24) is 20.3 Å². The Balaban J connectivity index is 1.61. The van der Waals surface area contributed by atoms with Gasteiger partial charge in [-0.1, -0.05) is 62.4 Å². The van der Waals surface area contributed by atoms with Crippen LogP contribution in [0.1, 0.15) is 64.3 Å². The second-order valence-electron chi connectivity index (χ2n) is 11.6. The van der Waals surface area contributed by atoms with Crippen molar-refractivity contribution in [2.45, 2.75) is 39.2 Å². The molecule has 0 spiro atoms. The topological polar surface area (TPSA) is 154 Å². The Hall–Kier alpha value is -4.75. The lowest BCUT2D eigenvalue weighted by atomic mass is 9.86. The molecule has 45 heavy (non-hydrogen) atoms. The van der Waals surface area contributed by atoms with Crippen LogP contribution >= 0.6 is 0 Å². The fourth-order valence-corrected chi connectivity index (χ4v) is 5.18. The number of carbonyl (C=O) groups excluding carboxylic acids is 2. The Morgan fingerprint density at radius 3 is 2.29 bits per heavy atom. The number of aryl methyl sites for hydroxylation is 1. The predicted molar refractivity (Wildman–Crippen MR) is 173 cm³/mol. The summed E-state index contributed by atoms with van der Waals surface area (Å²) in [6.07, 6.45) is 2.54. The van der Waals surface area contributed by atoms with Crippen molar-refractivity contribution in [3.05, 3.63) is 94.8 Å². The van der Waals surface area contributed by atoms with Crippen molar-refractivity contribution in [1.29, 1.82) is 0 Å². The molecule has 0 aliphatic heterocycles. The van der Waals surface area contributed by atoms with Crippen molar-refractivity contribution < 1.29 is 27.5 Å². The molecule has 0 saturated heterocycles. The van der Waals surface area contributed by atoms with E-state index in [0.29, 0.717) is 16.9 Å². The maximum Gasteiger partial charge on any atom is 0.274 e. The summed E-state index contributed by atoms with van der Waals surface area (Å²) in [7, 11) is -0.671. The zero-order valence-corrected chi connectivity index (χ0v) is 27.2. The Morgan fingerprint density at radius 2 is 1.67 bits per heavy atom. The Kier molecular flexibility index (Phi) is 9.94. The van der Waals surface area contributed by atoms with Crippen LogP contribution < -0.4 is 20.1 Å². The van der Waals surface area contributed by atoms with Gasteiger partial charge >= 0.3 is 0 Å². The molecule has 4 aromatic rings. The second kappa shape index (κ2) is 13.5. The SMILES string of the molecule is COC[C@@H](NC(=O)c1cn(-c2cc(C(=O)Nc3cc(C(C)(C)C)cc(NS(C)(=O)=O)c3OC)ccc2C)nn1)c1ccccc1. The van der Waals surface area contributed by atoms with E-state index >= 15 is 0 Å². The maximum absolute atomic E-state index is 13.5. The smallest absolute Gasteiger partial charge is 0.274 e. The second-order valence-corrected chi connectivity index (χ2v) is 13.4. The largest absolute Gasteiger partial charge is 0.492 e. The summed E-state index contributed by atoms with van der Waals surface area (Å²) in [4.78, 5) is 26.6. The molecule has 3 N–H and O–H groups in total. The number of sulfonamides is 1. The average molecular weight is 635 g/mol. The molecule has 4 rings (SSSR count). The lowest BCUT2D eigenvalue weighted by Crippen LogP contribution is -2.31. The summed E-state index contributed by atoms with van der Waals surface area (Å²) in [6.45, 7) is 8.05. The summed E-state index contributed by atoms with van der Waals surface area (Å²) in [5, 5.41) is 14.0. The van der Waals surface area contributed by atoms with Gasteiger partial charge in [0.15, 0.2) is 11.4 Å². The van der Waals surface area contributed by atoms with E-state index in [4.69, 9.17) is 9.47 Å². The van der Waals surface area contributed by atoms with Gasteiger partial charge in [-0.05, 0) is 53.3 Å². The molecule has 0 radical (unpaired) electrons. The van der Waals surface area contributed by atoms with Gasteiger partial charge in [0.25, 0.3) is 11.8 Å². The van der Waals surface area contributed by atoms with Gasteiger partial charge in [0, 0.05) is 12.7 Å². The molecule has 1 atom stereocenters. The first-order valence-electron chi connectivity index (χ1n) is 14.1. The number of aromatic nitrogens is 3. The maximum atomic E-state index is 13.5. The van der Waals surface area contributed by atoms with Crippen LogP contribution in [0.25, 0.3) is 5.69 Å². The minimum Gasteiger partial charge on any atom is -0.492 e. The first-order chi connectivity index (χ1) is 21.2. The standard InChI is InChI=1S/C32H38N6O6S/c1-20-13-14-22(30(39)33-24-16-23(32(2,3)4)17-25(29(24)44-6)36-45(7,41)42)15-28(20)38-18-26(35-37-38)31(40)34-27(19-43-5)21-11-9-8-10-12-21/h8-18,27,36H,19H2,1-7H3,(H,33,39)(H,34,40)/t27-/m1/s1. The molecule has 13 heteroatoms. The monoisotopic (exact) mass is 634 g/mol. The van der Waals surface area contributed by atoms with E-state index in [2.05, 4.69) is 25.7 Å². The number of carbonyl (C=O) groups is 2. The van der Waals surface area contributed by atoms with Crippen molar-refractivity contribution in [2.75, 3.05) is 37.1 Å². The Labute approximate surface area is 263 Å². The summed E-state index contributed by atoms with van der Waals surface area (Å²) in [6, 6.07) is 17.6. The van der Waals surface area contributed by atoms with E-state index in [1.807, 2.05) is 58.0 Å². The first-order valence-corrected chi connectivity index (χ1v) is 16.0. The highest BCUT2D eigenvalue weighted by Gasteiger charge is 2.23. The predicted octanol–water partition coefficient (Wildman–Crippen LogP) is 4.62. The average Bonchev–Trinajstić information content (AvgIpc) is 3.46. The highest BCUT2D eigenvalue weighted by molar-refractivity contribution is 7.92. The van der Waals surface area contributed by atoms with Crippen LogP contribution in [-0.2, 0) is 20.2 Å². The molecule has 0 fully saturated rings. The molecular weight excluding hydrogens is 596 g/mol. The molecule has 0 bridgehead atoms. The summed E-state index contributed by atoms with van der Waals surface area (Å²) in [5.74, 6) is -0.722. The number of methoxy groups -OCH3 is 2. The zero-order chi connectivity index (χ0) is 32.9. The number of ether oxygens (including phenoxy) is 2. The Morgan fingerprint density at radius 1 is 0.978 bits per heavy atom. The molecule has 3 aromatic carbocycles. The van der Waals surface area contributed by atoms with Crippen molar-refractivity contribution >= 4 is 33.2 Å². The summed E-state index contributed by atoms with van der Waals surface area (Å²) >= 11 is 0. The molecule has 238 valence electrons. The number of benzene rings is 3. The van der Waals surface area contributed by atoms with E-state index in [-0.39, 0.29) is 35.2 Å². The van der Waals surface area contributed by atoms with Gasteiger partial charge in [-0.2, -0.15) is 0 Å². The fourth-order valence-electron chi connectivity index (χ4n) is 4.63. The van der Waals surface area contributed by atoms with Crippen LogP contribution in [-0.4, -0.2) is 62.3 Å². The number of amides is 2. The van der Waals surface area contributed by atoms with Crippen LogP contribution in [0.3, 0.4) is 0 Å². The summed E-state index contributed by atoms with van der Waals surface area (Å²) < 4.78 is 38.9. The first kappa shape index (κ1) is 33.1. The van der Waals surface area contributed by atoms with Crippen molar-refractivity contribution in [3.8, 4) is 11.4 Å². The van der Waals surface area contributed by atoms with Gasteiger partial charge in [-0.15, -0.1) is 5.10 Å². The molecular formula is C32H38N6O6S.